The number of alkyl halides is 3. The minimum atomic E-state index is -4.41. The number of likely N-dealkylation sites (N-methyl/N-ethyl adjacent to an activating group) is 1. The van der Waals surface area contributed by atoms with Crippen molar-refractivity contribution < 1.29 is 22.8 Å². The summed E-state index contributed by atoms with van der Waals surface area (Å²) in [7, 11) is 1.54. The first-order chi connectivity index (χ1) is 15.2. The quantitative estimate of drug-likeness (QED) is 0.782. The first kappa shape index (κ1) is 22.0. The Balaban J connectivity index is 1.52. The second kappa shape index (κ2) is 8.40. The van der Waals surface area contributed by atoms with E-state index in [1.165, 1.54) is 12.1 Å². The van der Waals surface area contributed by atoms with Gasteiger partial charge in [-0.2, -0.15) is 13.2 Å². The van der Waals surface area contributed by atoms with E-state index in [0.717, 1.165) is 6.07 Å². The number of benzene rings is 1. The van der Waals surface area contributed by atoms with Crippen molar-refractivity contribution >= 4 is 18.0 Å². The lowest BCUT2D eigenvalue weighted by Gasteiger charge is -2.33. The number of aromatic nitrogens is 3. The molecule has 1 saturated heterocycles. The zero-order chi connectivity index (χ0) is 23.0. The van der Waals surface area contributed by atoms with Crippen LogP contribution >= 0.6 is 0 Å². The van der Waals surface area contributed by atoms with Crippen molar-refractivity contribution in [3.05, 3.63) is 52.6 Å². The number of halogens is 3. The molecule has 170 valence electrons. The van der Waals surface area contributed by atoms with Gasteiger partial charge in [-0.25, -0.2) is 0 Å². The Morgan fingerprint density at radius 3 is 2.47 bits per heavy atom. The molecule has 7 nitrogen and oxygen atoms in total. The van der Waals surface area contributed by atoms with Gasteiger partial charge in [0.05, 0.1) is 5.56 Å². The molecule has 1 aromatic heterocycles. The standard InChI is InChI=1S/C22H24F3N5O2/c1-13-11-15(20(31)26-2)12-30-18(13)27-28-19(30)21(32)29-9-7-14(8-10-29)16-5-3-4-6-17(16)22(23,24)25/h3-6,12-14H,7-11H2,1-2H3,(H,26,31). The van der Waals surface area contributed by atoms with Gasteiger partial charge in [-0.15, -0.1) is 10.2 Å². The van der Waals surface area contributed by atoms with Crippen LogP contribution < -0.4 is 5.32 Å². The first-order valence-electron chi connectivity index (χ1n) is 10.5. The third-order valence-corrected chi connectivity index (χ3v) is 6.17. The minimum Gasteiger partial charge on any atom is -0.355 e. The van der Waals surface area contributed by atoms with Crippen LogP contribution in [0, 0.1) is 0 Å². The molecule has 0 aliphatic carbocycles. The summed E-state index contributed by atoms with van der Waals surface area (Å²) in [6, 6.07) is 5.63. The van der Waals surface area contributed by atoms with Gasteiger partial charge in [0.2, 0.25) is 11.7 Å². The number of fused-ring (bicyclic) bond motifs is 1. The molecule has 32 heavy (non-hydrogen) atoms. The molecule has 1 atom stereocenters. The number of nitrogens with zero attached hydrogens (tertiary/aromatic N) is 4. The molecule has 0 saturated carbocycles. The van der Waals surface area contributed by atoms with Crippen LogP contribution in [0.15, 0.2) is 29.8 Å². The van der Waals surface area contributed by atoms with Crippen molar-refractivity contribution in [2.24, 2.45) is 0 Å². The van der Waals surface area contributed by atoms with Crippen molar-refractivity contribution in [1.29, 1.82) is 0 Å². The molecule has 1 aromatic carbocycles. The van der Waals surface area contributed by atoms with Crippen LogP contribution in [0.5, 0.6) is 0 Å². The smallest absolute Gasteiger partial charge is 0.355 e. The molecule has 0 spiro atoms. The van der Waals surface area contributed by atoms with Crippen molar-refractivity contribution in [2.75, 3.05) is 20.1 Å². The van der Waals surface area contributed by atoms with Crippen LogP contribution in [-0.4, -0.2) is 51.6 Å². The number of nitrogens with one attached hydrogen (secondary N) is 1. The molecular weight excluding hydrogens is 423 g/mol. The van der Waals surface area contributed by atoms with Gasteiger partial charge in [0.15, 0.2) is 0 Å². The van der Waals surface area contributed by atoms with Crippen molar-refractivity contribution in [3.8, 4) is 0 Å². The fourth-order valence-corrected chi connectivity index (χ4v) is 4.50. The summed E-state index contributed by atoms with van der Waals surface area (Å²) in [6.07, 6.45) is -1.47. The zero-order valence-corrected chi connectivity index (χ0v) is 17.8. The Morgan fingerprint density at radius 1 is 1.12 bits per heavy atom. The van der Waals surface area contributed by atoms with Gasteiger partial charge in [-0.05, 0) is 36.8 Å². The van der Waals surface area contributed by atoms with Gasteiger partial charge in [0, 0.05) is 37.8 Å². The molecule has 3 heterocycles. The average molecular weight is 447 g/mol. The average Bonchev–Trinajstić information content (AvgIpc) is 3.22. The van der Waals surface area contributed by atoms with E-state index < -0.39 is 11.7 Å². The number of piperidine rings is 1. The number of rotatable bonds is 3. The summed E-state index contributed by atoms with van der Waals surface area (Å²) in [5.74, 6) is -0.196. The van der Waals surface area contributed by atoms with Gasteiger partial charge >= 0.3 is 6.18 Å². The van der Waals surface area contributed by atoms with E-state index in [4.69, 9.17) is 0 Å². The Hall–Kier alpha value is -3.17. The highest BCUT2D eigenvalue weighted by atomic mass is 19.4. The number of hydrogen-bond acceptors (Lipinski definition) is 4. The zero-order valence-electron chi connectivity index (χ0n) is 17.8. The molecule has 1 unspecified atom stereocenters. The lowest BCUT2D eigenvalue weighted by atomic mass is 9.86. The van der Waals surface area contributed by atoms with Crippen LogP contribution in [0.1, 0.15) is 65.6 Å². The summed E-state index contributed by atoms with van der Waals surface area (Å²) in [5, 5.41) is 10.8. The highest BCUT2D eigenvalue weighted by Gasteiger charge is 2.37. The van der Waals surface area contributed by atoms with E-state index in [1.807, 2.05) is 6.92 Å². The van der Waals surface area contributed by atoms with Crippen molar-refractivity contribution in [3.63, 3.8) is 0 Å². The van der Waals surface area contributed by atoms with E-state index in [9.17, 15) is 22.8 Å². The highest BCUT2D eigenvalue weighted by molar-refractivity contribution is 5.98. The molecule has 2 aliphatic heterocycles. The van der Waals surface area contributed by atoms with E-state index in [2.05, 4.69) is 15.5 Å². The SMILES string of the molecule is CNC(=O)C1=Cn2c(C(=O)N3CCC(c4ccccc4C(F)(F)F)CC3)nnc2C(C)C1. The van der Waals surface area contributed by atoms with Gasteiger partial charge in [-0.1, -0.05) is 25.1 Å². The lowest BCUT2D eigenvalue weighted by molar-refractivity contribution is -0.138. The van der Waals surface area contributed by atoms with Crippen LogP contribution in [-0.2, 0) is 11.0 Å². The third kappa shape index (κ3) is 4.01. The molecule has 4 rings (SSSR count). The monoisotopic (exact) mass is 447 g/mol. The Labute approximate surface area is 183 Å². The molecule has 1 fully saturated rings. The number of carbonyl (C=O) groups is 2. The van der Waals surface area contributed by atoms with E-state index in [0.29, 0.717) is 43.7 Å². The molecule has 2 amide bonds. The Bertz CT molecular complexity index is 1070. The van der Waals surface area contributed by atoms with Crippen LogP contribution in [0.2, 0.25) is 0 Å². The van der Waals surface area contributed by atoms with E-state index in [1.54, 1.807) is 28.8 Å². The number of carbonyl (C=O) groups excluding carboxylic acids is 2. The maximum atomic E-state index is 13.4. The van der Waals surface area contributed by atoms with Crippen LogP contribution in [0.4, 0.5) is 13.2 Å². The predicted octanol–water partition coefficient (Wildman–Crippen LogP) is 3.41. The van der Waals surface area contributed by atoms with E-state index >= 15 is 0 Å². The van der Waals surface area contributed by atoms with Crippen LogP contribution in [0.3, 0.4) is 0 Å². The topological polar surface area (TPSA) is 80.1 Å². The summed E-state index contributed by atoms with van der Waals surface area (Å²) in [6.45, 7) is 2.55. The minimum absolute atomic E-state index is 0.0778. The third-order valence-electron chi connectivity index (χ3n) is 6.17. The van der Waals surface area contributed by atoms with Crippen LogP contribution in [0.25, 0.3) is 6.20 Å². The summed E-state index contributed by atoms with van der Waals surface area (Å²) in [5.41, 5.74) is 0.194. The molecule has 0 radical (unpaired) electrons. The molecule has 10 heteroatoms. The summed E-state index contributed by atoms with van der Waals surface area (Å²) in [4.78, 5) is 26.8. The highest BCUT2D eigenvalue weighted by Crippen LogP contribution is 2.39. The first-order valence-corrected chi connectivity index (χ1v) is 10.5. The molecule has 2 aliphatic rings. The maximum Gasteiger partial charge on any atom is 0.416 e. The van der Waals surface area contributed by atoms with Crippen molar-refractivity contribution in [1.82, 2.24) is 25.0 Å². The summed E-state index contributed by atoms with van der Waals surface area (Å²) < 4.78 is 41.7. The fraction of sp³-hybridized carbons (Fsp3) is 0.455. The summed E-state index contributed by atoms with van der Waals surface area (Å²) >= 11 is 0. The number of amides is 2. The molecule has 2 aromatic rings. The predicted molar refractivity (Wildman–Crippen MR) is 111 cm³/mol. The van der Waals surface area contributed by atoms with E-state index in [-0.39, 0.29) is 35.0 Å². The van der Waals surface area contributed by atoms with Crippen molar-refractivity contribution in [2.45, 2.75) is 44.2 Å². The molecule has 0 bridgehead atoms. The Kier molecular flexibility index (Phi) is 5.79. The maximum absolute atomic E-state index is 13.4. The normalized spacial score (nSPS) is 19.3. The second-order valence-corrected chi connectivity index (χ2v) is 8.24. The molecular formula is C22H24F3N5O2. The largest absolute Gasteiger partial charge is 0.416 e. The second-order valence-electron chi connectivity index (χ2n) is 8.24. The molecule has 1 N–H and O–H groups in total. The van der Waals surface area contributed by atoms with Gasteiger partial charge in [-0.3, -0.25) is 14.2 Å². The fourth-order valence-electron chi connectivity index (χ4n) is 4.50. The van der Waals surface area contributed by atoms with Gasteiger partial charge in [0.1, 0.15) is 5.82 Å². The lowest BCUT2D eigenvalue weighted by Crippen LogP contribution is -2.39. The number of likely N-dealkylation sites (tertiary alicyclic amines) is 1. The number of hydrogen-bond donors (Lipinski definition) is 1. The Morgan fingerprint density at radius 2 is 1.81 bits per heavy atom. The van der Waals surface area contributed by atoms with Gasteiger partial charge < -0.3 is 10.2 Å². The van der Waals surface area contributed by atoms with Gasteiger partial charge in [0.25, 0.3) is 5.91 Å².